The second kappa shape index (κ2) is 8.58. The summed E-state index contributed by atoms with van der Waals surface area (Å²) in [6.07, 6.45) is 3.62. The van der Waals surface area contributed by atoms with Crippen LogP contribution in [0.3, 0.4) is 0 Å². The van der Waals surface area contributed by atoms with Crippen LogP contribution in [-0.4, -0.2) is 41.6 Å². The maximum absolute atomic E-state index is 13.0. The molecule has 1 aliphatic heterocycles. The maximum atomic E-state index is 13.0. The summed E-state index contributed by atoms with van der Waals surface area (Å²) in [7, 11) is -4.02. The molecular weight excluding hydrogens is 398 g/mol. The number of hydrogen-bond donors (Lipinski definition) is 1. The molecule has 1 heterocycles. The third-order valence-corrected chi connectivity index (χ3v) is 8.24. The summed E-state index contributed by atoms with van der Waals surface area (Å²) in [5, 5.41) is 9.54. The number of benzene rings is 2. The molecule has 0 unspecified atom stereocenters. The highest BCUT2D eigenvalue weighted by Gasteiger charge is 2.49. The van der Waals surface area contributed by atoms with Gasteiger partial charge >= 0.3 is 5.97 Å². The standard InChI is InChI=1S/C24H27NO4S/c1-4-14-24(3,23(26)27)30(28,29)25-15-12-19(13-16-25)21-10-11-22(18(2)17-21)20-8-6-5-7-9-20/h4-12,17H,1,13-16H2,2-3H3,(H,26,27)/t24-/m0/s1. The Labute approximate surface area is 178 Å². The van der Waals surface area contributed by atoms with Gasteiger partial charge in [-0.05, 0) is 54.5 Å². The van der Waals surface area contributed by atoms with Gasteiger partial charge < -0.3 is 5.11 Å². The Morgan fingerprint density at radius 2 is 1.90 bits per heavy atom. The van der Waals surface area contributed by atoms with Crippen molar-refractivity contribution < 1.29 is 18.3 Å². The van der Waals surface area contributed by atoms with Crippen LogP contribution in [0.15, 0.2) is 67.3 Å². The van der Waals surface area contributed by atoms with Crippen molar-refractivity contribution in [2.45, 2.75) is 31.4 Å². The van der Waals surface area contributed by atoms with E-state index in [1.807, 2.05) is 24.3 Å². The molecule has 0 bridgehead atoms. The van der Waals surface area contributed by atoms with E-state index in [9.17, 15) is 18.3 Å². The Morgan fingerprint density at radius 1 is 1.20 bits per heavy atom. The molecule has 1 atom stereocenters. The lowest BCUT2D eigenvalue weighted by Gasteiger charge is -2.33. The molecule has 0 saturated heterocycles. The monoisotopic (exact) mass is 425 g/mol. The molecule has 30 heavy (non-hydrogen) atoms. The third-order valence-electron chi connectivity index (χ3n) is 5.75. The van der Waals surface area contributed by atoms with Crippen molar-refractivity contribution in [2.75, 3.05) is 13.1 Å². The Balaban J connectivity index is 1.83. The van der Waals surface area contributed by atoms with Crippen molar-refractivity contribution >= 4 is 21.6 Å². The zero-order chi connectivity index (χ0) is 21.9. The lowest BCUT2D eigenvalue weighted by molar-refractivity contribution is -0.139. The quantitative estimate of drug-likeness (QED) is 0.663. The van der Waals surface area contributed by atoms with Crippen LogP contribution >= 0.6 is 0 Å². The fourth-order valence-electron chi connectivity index (χ4n) is 3.80. The van der Waals surface area contributed by atoms with E-state index < -0.39 is 20.7 Å². The van der Waals surface area contributed by atoms with Gasteiger partial charge in [0.2, 0.25) is 10.0 Å². The lowest BCUT2D eigenvalue weighted by atomic mass is 9.94. The molecule has 0 saturated carbocycles. The van der Waals surface area contributed by atoms with Crippen molar-refractivity contribution in [2.24, 2.45) is 0 Å². The van der Waals surface area contributed by atoms with E-state index in [1.165, 1.54) is 22.9 Å². The topological polar surface area (TPSA) is 74.7 Å². The predicted octanol–water partition coefficient (Wildman–Crippen LogP) is 4.50. The largest absolute Gasteiger partial charge is 0.480 e. The van der Waals surface area contributed by atoms with Gasteiger partial charge in [0.15, 0.2) is 4.75 Å². The first-order valence-corrected chi connectivity index (χ1v) is 11.3. The van der Waals surface area contributed by atoms with Crippen LogP contribution in [0, 0.1) is 6.92 Å². The summed E-state index contributed by atoms with van der Waals surface area (Å²) in [5.41, 5.74) is 5.62. The van der Waals surface area contributed by atoms with Gasteiger partial charge in [-0.25, -0.2) is 8.42 Å². The summed E-state index contributed by atoms with van der Waals surface area (Å²) in [4.78, 5) is 11.7. The lowest BCUT2D eigenvalue weighted by Crippen LogP contribution is -2.52. The van der Waals surface area contributed by atoms with Gasteiger partial charge in [0, 0.05) is 13.1 Å². The number of carboxylic acids is 1. The van der Waals surface area contributed by atoms with Crippen LogP contribution < -0.4 is 0 Å². The van der Waals surface area contributed by atoms with Gasteiger partial charge in [0.25, 0.3) is 0 Å². The zero-order valence-corrected chi connectivity index (χ0v) is 18.2. The summed E-state index contributed by atoms with van der Waals surface area (Å²) in [5.74, 6) is -1.36. The number of rotatable bonds is 7. The zero-order valence-electron chi connectivity index (χ0n) is 17.3. The molecule has 3 rings (SSSR count). The first-order chi connectivity index (χ1) is 14.2. The van der Waals surface area contributed by atoms with E-state index in [0.717, 1.165) is 22.3 Å². The van der Waals surface area contributed by atoms with Crippen LogP contribution in [0.2, 0.25) is 0 Å². The number of aliphatic carboxylic acids is 1. The molecule has 158 valence electrons. The number of carbonyl (C=O) groups is 1. The molecule has 0 aromatic heterocycles. The van der Waals surface area contributed by atoms with Crippen molar-refractivity contribution in [3.05, 3.63) is 78.4 Å². The number of aryl methyl sites for hydroxylation is 1. The Bertz CT molecular complexity index is 1090. The Kier molecular flexibility index (Phi) is 6.29. The highest BCUT2D eigenvalue weighted by molar-refractivity contribution is 7.91. The normalized spacial score (nSPS) is 17.1. The highest BCUT2D eigenvalue weighted by atomic mass is 32.2. The van der Waals surface area contributed by atoms with Crippen molar-refractivity contribution in [3.63, 3.8) is 0 Å². The van der Waals surface area contributed by atoms with Gasteiger partial charge in [0.1, 0.15) is 0 Å². The number of hydrogen-bond acceptors (Lipinski definition) is 3. The van der Waals surface area contributed by atoms with Crippen molar-refractivity contribution in [3.8, 4) is 11.1 Å². The summed E-state index contributed by atoms with van der Waals surface area (Å²) < 4.78 is 25.4. The van der Waals surface area contributed by atoms with Gasteiger partial charge in [-0.15, -0.1) is 6.58 Å². The number of allylic oxidation sites excluding steroid dienone is 1. The molecule has 1 aliphatic rings. The van der Waals surface area contributed by atoms with E-state index in [1.54, 1.807) is 0 Å². The molecule has 0 fully saturated rings. The molecule has 6 heteroatoms. The van der Waals surface area contributed by atoms with Crippen molar-refractivity contribution in [1.82, 2.24) is 4.31 Å². The first kappa shape index (κ1) is 22.0. The first-order valence-electron chi connectivity index (χ1n) is 9.90. The maximum Gasteiger partial charge on any atom is 0.326 e. The predicted molar refractivity (Wildman–Crippen MR) is 121 cm³/mol. The highest BCUT2D eigenvalue weighted by Crippen LogP contribution is 2.32. The van der Waals surface area contributed by atoms with Crippen LogP contribution in [0.25, 0.3) is 16.7 Å². The van der Waals surface area contributed by atoms with Crippen LogP contribution in [0.5, 0.6) is 0 Å². The molecule has 0 spiro atoms. The van der Waals surface area contributed by atoms with Crippen LogP contribution in [-0.2, 0) is 14.8 Å². The van der Waals surface area contributed by atoms with Gasteiger partial charge in [-0.1, -0.05) is 60.7 Å². The average molecular weight is 426 g/mol. The minimum Gasteiger partial charge on any atom is -0.480 e. The van der Waals surface area contributed by atoms with E-state index in [0.29, 0.717) is 6.42 Å². The SMILES string of the molecule is C=CC[C@@](C)(C(=O)O)S(=O)(=O)N1CC=C(c2ccc(-c3ccccc3)c(C)c2)CC1. The minimum absolute atomic E-state index is 0.141. The van der Waals surface area contributed by atoms with Gasteiger partial charge in [-0.3, -0.25) is 4.79 Å². The second-order valence-electron chi connectivity index (χ2n) is 7.77. The van der Waals surface area contributed by atoms with Crippen molar-refractivity contribution in [1.29, 1.82) is 0 Å². The second-order valence-corrected chi connectivity index (χ2v) is 10.1. The molecule has 5 nitrogen and oxygen atoms in total. The number of carboxylic acid groups (broad SMARTS) is 1. The fourth-order valence-corrected chi connectivity index (χ4v) is 5.52. The molecular formula is C24H27NO4S. The van der Waals surface area contributed by atoms with E-state index in [2.05, 4.69) is 43.8 Å². The van der Waals surface area contributed by atoms with Crippen LogP contribution in [0.4, 0.5) is 0 Å². The fraction of sp³-hybridized carbons (Fsp3) is 0.292. The Hall–Kier alpha value is -2.70. The van der Waals surface area contributed by atoms with Gasteiger partial charge in [-0.2, -0.15) is 4.31 Å². The van der Waals surface area contributed by atoms with Gasteiger partial charge in [0.05, 0.1) is 0 Å². The molecule has 1 N–H and O–H groups in total. The minimum atomic E-state index is -4.02. The summed E-state index contributed by atoms with van der Waals surface area (Å²) in [6, 6.07) is 16.4. The average Bonchev–Trinajstić information content (AvgIpc) is 2.74. The molecule has 2 aromatic carbocycles. The number of nitrogens with zero attached hydrogens (tertiary/aromatic N) is 1. The van der Waals surface area contributed by atoms with E-state index >= 15 is 0 Å². The summed E-state index contributed by atoms with van der Waals surface area (Å²) >= 11 is 0. The third kappa shape index (κ3) is 3.98. The molecule has 2 aromatic rings. The van der Waals surface area contributed by atoms with Crippen LogP contribution in [0.1, 0.15) is 30.9 Å². The summed E-state index contributed by atoms with van der Waals surface area (Å²) in [6.45, 7) is 7.26. The molecule has 0 aliphatic carbocycles. The van der Waals surface area contributed by atoms with E-state index in [-0.39, 0.29) is 19.5 Å². The Morgan fingerprint density at radius 3 is 2.43 bits per heavy atom. The molecule has 0 amide bonds. The smallest absolute Gasteiger partial charge is 0.326 e. The molecule has 0 radical (unpaired) electrons. The number of sulfonamides is 1. The van der Waals surface area contributed by atoms with E-state index in [4.69, 9.17) is 0 Å².